The van der Waals surface area contributed by atoms with Crippen molar-refractivity contribution < 1.29 is 28.5 Å². The molecule has 35 heavy (non-hydrogen) atoms. The monoisotopic (exact) mass is 486 g/mol. The molecule has 0 fully saturated rings. The molecule has 0 radical (unpaired) electrons. The van der Waals surface area contributed by atoms with Gasteiger partial charge in [0.1, 0.15) is 17.9 Å². The molecule has 6 nitrogen and oxygen atoms in total. The normalized spacial score (nSPS) is 12.0. The number of carbonyl (C=O) groups excluding carboxylic acids is 1. The molecule has 0 amide bonds. The van der Waals surface area contributed by atoms with Crippen LogP contribution >= 0.6 is 0 Å². The smallest absolute Gasteiger partial charge is 0.341 e. The SMILES string of the molecule is COCCOCCOCCOc1ccc(-c2cc(C(C)(C)C)ccc2C(C)(C)C)cc1C(=O)OC. The number of methoxy groups -OCH3 is 2. The van der Waals surface area contributed by atoms with Crippen molar-refractivity contribution >= 4 is 5.97 Å². The Morgan fingerprint density at radius 1 is 0.743 bits per heavy atom. The summed E-state index contributed by atoms with van der Waals surface area (Å²) in [6, 6.07) is 12.3. The van der Waals surface area contributed by atoms with E-state index in [1.807, 2.05) is 18.2 Å². The predicted octanol–water partition coefficient (Wildman–Crippen LogP) is 5.79. The number of esters is 1. The molecule has 0 bridgehead atoms. The lowest BCUT2D eigenvalue weighted by atomic mass is 9.77. The van der Waals surface area contributed by atoms with Gasteiger partial charge in [-0.3, -0.25) is 0 Å². The molecular formula is C29H42O6. The fraction of sp³-hybridized carbons (Fsp3) is 0.552. The van der Waals surface area contributed by atoms with E-state index in [2.05, 4.69) is 59.7 Å². The van der Waals surface area contributed by atoms with E-state index in [-0.39, 0.29) is 10.8 Å². The topological polar surface area (TPSA) is 63.2 Å². The Labute approximate surface area is 210 Å². The summed E-state index contributed by atoms with van der Waals surface area (Å²) in [4.78, 5) is 12.6. The van der Waals surface area contributed by atoms with Crippen molar-refractivity contribution in [3.05, 3.63) is 53.1 Å². The van der Waals surface area contributed by atoms with Gasteiger partial charge in [0.25, 0.3) is 0 Å². The highest BCUT2D eigenvalue weighted by molar-refractivity contribution is 5.94. The van der Waals surface area contributed by atoms with Crippen molar-refractivity contribution in [1.82, 2.24) is 0 Å². The molecule has 0 aliphatic rings. The maximum Gasteiger partial charge on any atom is 0.341 e. The van der Waals surface area contributed by atoms with Crippen molar-refractivity contribution in [2.24, 2.45) is 0 Å². The second-order valence-corrected chi connectivity index (χ2v) is 10.5. The Bertz CT molecular complexity index is 953. The highest BCUT2D eigenvalue weighted by atomic mass is 16.6. The first-order valence-electron chi connectivity index (χ1n) is 12.1. The standard InChI is InChI=1S/C29H42O6/c1-28(2,3)22-10-11-25(29(4,5)6)23(20-22)21-9-12-26(24(19-21)27(30)32-8)35-18-17-34-16-15-33-14-13-31-7/h9-12,19-20H,13-18H2,1-8H3. The summed E-state index contributed by atoms with van der Waals surface area (Å²) in [5.74, 6) is 0.0448. The van der Waals surface area contributed by atoms with Gasteiger partial charge < -0.3 is 23.7 Å². The summed E-state index contributed by atoms with van der Waals surface area (Å²) in [5, 5.41) is 0. The maximum absolute atomic E-state index is 12.6. The van der Waals surface area contributed by atoms with Crippen LogP contribution in [-0.4, -0.2) is 59.8 Å². The second-order valence-electron chi connectivity index (χ2n) is 10.5. The van der Waals surface area contributed by atoms with E-state index in [9.17, 15) is 4.79 Å². The van der Waals surface area contributed by atoms with E-state index in [0.717, 1.165) is 11.1 Å². The molecule has 0 atom stereocenters. The number of hydrogen-bond acceptors (Lipinski definition) is 6. The maximum atomic E-state index is 12.6. The minimum Gasteiger partial charge on any atom is -0.490 e. The zero-order valence-electron chi connectivity index (χ0n) is 22.7. The van der Waals surface area contributed by atoms with Gasteiger partial charge in [-0.2, -0.15) is 0 Å². The van der Waals surface area contributed by atoms with E-state index >= 15 is 0 Å². The Morgan fingerprint density at radius 2 is 1.37 bits per heavy atom. The third-order valence-electron chi connectivity index (χ3n) is 5.68. The van der Waals surface area contributed by atoms with E-state index in [1.165, 1.54) is 18.2 Å². The van der Waals surface area contributed by atoms with Crippen LogP contribution in [0, 0.1) is 0 Å². The molecule has 6 heteroatoms. The summed E-state index contributed by atoms with van der Waals surface area (Å²) >= 11 is 0. The first kappa shape index (κ1) is 28.8. The van der Waals surface area contributed by atoms with Gasteiger partial charge in [0, 0.05) is 7.11 Å². The molecule has 2 aromatic rings. The molecule has 2 aromatic carbocycles. The molecule has 0 saturated carbocycles. The van der Waals surface area contributed by atoms with Gasteiger partial charge in [0.2, 0.25) is 0 Å². The Morgan fingerprint density at radius 3 is 1.94 bits per heavy atom. The molecule has 0 aromatic heterocycles. The van der Waals surface area contributed by atoms with Gasteiger partial charge in [0.15, 0.2) is 0 Å². The highest BCUT2D eigenvalue weighted by Crippen LogP contribution is 2.38. The van der Waals surface area contributed by atoms with Crippen molar-refractivity contribution in [3.63, 3.8) is 0 Å². The van der Waals surface area contributed by atoms with Gasteiger partial charge in [-0.25, -0.2) is 4.79 Å². The van der Waals surface area contributed by atoms with Crippen LogP contribution in [0.25, 0.3) is 11.1 Å². The minimum atomic E-state index is -0.432. The lowest BCUT2D eigenvalue weighted by Gasteiger charge is -2.27. The zero-order chi connectivity index (χ0) is 26.1. The molecule has 2 rings (SSSR count). The van der Waals surface area contributed by atoms with Crippen LogP contribution in [0.3, 0.4) is 0 Å². The third kappa shape index (κ3) is 8.64. The molecule has 0 unspecified atom stereocenters. The van der Waals surface area contributed by atoms with Crippen molar-refractivity contribution in [3.8, 4) is 16.9 Å². The fourth-order valence-corrected chi connectivity index (χ4v) is 3.67. The Kier molecular flexibility index (Phi) is 10.7. The number of carbonyl (C=O) groups is 1. The van der Waals surface area contributed by atoms with Crippen LogP contribution in [0.1, 0.15) is 63.0 Å². The molecule has 0 saturated heterocycles. The summed E-state index contributed by atoms with van der Waals surface area (Å²) in [6.45, 7) is 16.0. The van der Waals surface area contributed by atoms with E-state index < -0.39 is 5.97 Å². The lowest BCUT2D eigenvalue weighted by molar-refractivity contribution is 0.0178. The molecule has 0 aliphatic heterocycles. The zero-order valence-corrected chi connectivity index (χ0v) is 22.7. The summed E-state index contributed by atoms with van der Waals surface area (Å²) < 4.78 is 26.8. The Hall–Kier alpha value is -2.41. The number of rotatable bonds is 12. The van der Waals surface area contributed by atoms with Crippen molar-refractivity contribution in [2.45, 2.75) is 52.4 Å². The van der Waals surface area contributed by atoms with Gasteiger partial charge in [-0.1, -0.05) is 65.8 Å². The van der Waals surface area contributed by atoms with Crippen LogP contribution in [-0.2, 0) is 29.8 Å². The van der Waals surface area contributed by atoms with Crippen LogP contribution in [0.2, 0.25) is 0 Å². The average Bonchev–Trinajstić information content (AvgIpc) is 2.81. The highest BCUT2D eigenvalue weighted by Gasteiger charge is 2.23. The van der Waals surface area contributed by atoms with Crippen LogP contribution < -0.4 is 4.74 Å². The molecule has 0 spiro atoms. The van der Waals surface area contributed by atoms with Gasteiger partial charge in [-0.05, 0) is 45.2 Å². The van der Waals surface area contributed by atoms with Crippen LogP contribution in [0.5, 0.6) is 5.75 Å². The van der Waals surface area contributed by atoms with Crippen LogP contribution in [0.15, 0.2) is 36.4 Å². The van der Waals surface area contributed by atoms with E-state index in [1.54, 1.807) is 7.11 Å². The van der Waals surface area contributed by atoms with Gasteiger partial charge in [-0.15, -0.1) is 0 Å². The number of hydrogen-bond donors (Lipinski definition) is 0. The first-order valence-corrected chi connectivity index (χ1v) is 12.1. The predicted molar refractivity (Wildman–Crippen MR) is 140 cm³/mol. The lowest BCUT2D eigenvalue weighted by Crippen LogP contribution is -2.16. The van der Waals surface area contributed by atoms with E-state index in [4.69, 9.17) is 23.7 Å². The molecule has 0 aliphatic carbocycles. The van der Waals surface area contributed by atoms with Crippen molar-refractivity contribution in [1.29, 1.82) is 0 Å². The van der Waals surface area contributed by atoms with E-state index in [0.29, 0.717) is 51.0 Å². The fourth-order valence-electron chi connectivity index (χ4n) is 3.67. The van der Waals surface area contributed by atoms with Crippen molar-refractivity contribution in [2.75, 3.05) is 53.9 Å². The van der Waals surface area contributed by atoms with Crippen LogP contribution in [0.4, 0.5) is 0 Å². The number of ether oxygens (including phenoxy) is 5. The van der Waals surface area contributed by atoms with Gasteiger partial charge in [0.05, 0.1) is 40.1 Å². The Balaban J connectivity index is 2.23. The molecular weight excluding hydrogens is 444 g/mol. The third-order valence-corrected chi connectivity index (χ3v) is 5.68. The van der Waals surface area contributed by atoms with Gasteiger partial charge >= 0.3 is 5.97 Å². The molecule has 0 heterocycles. The molecule has 194 valence electrons. The summed E-state index contributed by atoms with van der Waals surface area (Å²) in [5.41, 5.74) is 4.87. The quantitative estimate of drug-likeness (QED) is 0.279. The minimum absolute atomic E-state index is 0.00815. The first-order chi connectivity index (χ1) is 16.5. The average molecular weight is 487 g/mol. The number of benzene rings is 2. The largest absolute Gasteiger partial charge is 0.490 e. The second kappa shape index (κ2) is 13.1. The molecule has 0 N–H and O–H groups in total. The summed E-state index contributed by atoms with van der Waals surface area (Å²) in [7, 11) is 3.02. The summed E-state index contributed by atoms with van der Waals surface area (Å²) in [6.07, 6.45) is 0.